The summed E-state index contributed by atoms with van der Waals surface area (Å²) < 4.78 is 30.4. The first kappa shape index (κ1) is 7.91. The molecule has 0 unspecified atom stereocenters. The lowest BCUT2D eigenvalue weighted by atomic mass is 10.2. The molecule has 0 saturated heterocycles. The first-order valence-electron chi connectivity index (χ1n) is 3.55. The molecule has 13 heavy (non-hydrogen) atoms. The molecule has 1 aromatic heterocycles. The van der Waals surface area contributed by atoms with E-state index in [-0.39, 0.29) is 11.0 Å². The number of fused-ring (bicyclic) bond motifs is 1. The van der Waals surface area contributed by atoms with Crippen LogP contribution in [0.1, 0.15) is 0 Å². The average molecular weight is 182 g/mol. The molecular weight excluding hydrogens is 178 g/mol. The SMILES string of the molecule is O=c1ccoc2cc(F)cc(F)c12. The van der Waals surface area contributed by atoms with Gasteiger partial charge in [0.25, 0.3) is 0 Å². The van der Waals surface area contributed by atoms with Crippen LogP contribution in [0.2, 0.25) is 0 Å². The van der Waals surface area contributed by atoms with Crippen LogP contribution in [0.3, 0.4) is 0 Å². The van der Waals surface area contributed by atoms with E-state index in [0.717, 1.165) is 18.4 Å². The predicted octanol–water partition coefficient (Wildman–Crippen LogP) is 2.07. The van der Waals surface area contributed by atoms with Gasteiger partial charge in [-0.15, -0.1) is 0 Å². The molecule has 66 valence electrons. The lowest BCUT2D eigenvalue weighted by molar-refractivity contribution is 0.565. The number of benzene rings is 1. The van der Waals surface area contributed by atoms with Crippen molar-refractivity contribution < 1.29 is 13.2 Å². The molecule has 2 rings (SSSR count). The minimum atomic E-state index is -0.899. The highest BCUT2D eigenvalue weighted by Gasteiger charge is 2.08. The normalized spacial score (nSPS) is 10.6. The third kappa shape index (κ3) is 1.20. The molecule has 2 nitrogen and oxygen atoms in total. The minimum Gasteiger partial charge on any atom is -0.464 e. The summed E-state index contributed by atoms with van der Waals surface area (Å²) in [6.07, 6.45) is 1.10. The molecule has 1 heterocycles. The molecule has 0 aliphatic heterocycles. The molecule has 0 amide bonds. The van der Waals surface area contributed by atoms with Crippen molar-refractivity contribution in [3.63, 3.8) is 0 Å². The number of halogens is 2. The third-order valence-electron chi connectivity index (χ3n) is 1.68. The van der Waals surface area contributed by atoms with Crippen LogP contribution in [0.4, 0.5) is 8.78 Å². The fourth-order valence-corrected chi connectivity index (χ4v) is 1.13. The van der Waals surface area contributed by atoms with Crippen molar-refractivity contribution in [3.8, 4) is 0 Å². The zero-order chi connectivity index (χ0) is 9.42. The van der Waals surface area contributed by atoms with Crippen molar-refractivity contribution in [2.45, 2.75) is 0 Å². The van der Waals surface area contributed by atoms with E-state index in [0.29, 0.717) is 6.07 Å². The summed E-state index contributed by atoms with van der Waals surface area (Å²) in [5.74, 6) is -1.66. The maximum Gasteiger partial charge on any atom is 0.195 e. The Morgan fingerprint density at radius 3 is 2.77 bits per heavy atom. The number of hydrogen-bond acceptors (Lipinski definition) is 2. The molecular formula is C9H4F2O2. The van der Waals surface area contributed by atoms with E-state index < -0.39 is 17.1 Å². The molecule has 0 saturated carbocycles. The van der Waals surface area contributed by atoms with Crippen molar-refractivity contribution in [3.05, 3.63) is 46.3 Å². The van der Waals surface area contributed by atoms with Crippen LogP contribution >= 0.6 is 0 Å². The molecule has 0 spiro atoms. The van der Waals surface area contributed by atoms with Crippen LogP contribution in [-0.4, -0.2) is 0 Å². The van der Waals surface area contributed by atoms with E-state index in [4.69, 9.17) is 4.42 Å². The van der Waals surface area contributed by atoms with Crippen LogP contribution in [0, 0.1) is 11.6 Å². The summed E-state index contributed by atoms with van der Waals surface area (Å²) in [5.41, 5.74) is -0.594. The third-order valence-corrected chi connectivity index (χ3v) is 1.68. The van der Waals surface area contributed by atoms with E-state index in [2.05, 4.69) is 0 Å². The zero-order valence-corrected chi connectivity index (χ0v) is 6.38. The number of hydrogen-bond donors (Lipinski definition) is 0. The average Bonchev–Trinajstić information content (AvgIpc) is 2.02. The van der Waals surface area contributed by atoms with Gasteiger partial charge >= 0.3 is 0 Å². The van der Waals surface area contributed by atoms with E-state index in [1.807, 2.05) is 0 Å². The Balaban J connectivity index is 3.03. The number of rotatable bonds is 0. The smallest absolute Gasteiger partial charge is 0.195 e. The van der Waals surface area contributed by atoms with Gasteiger partial charge in [0.2, 0.25) is 0 Å². The van der Waals surface area contributed by atoms with Gasteiger partial charge in [-0.25, -0.2) is 8.78 Å². The summed E-state index contributed by atoms with van der Waals surface area (Å²) >= 11 is 0. The second-order valence-corrected chi connectivity index (χ2v) is 2.55. The Morgan fingerprint density at radius 1 is 1.23 bits per heavy atom. The van der Waals surface area contributed by atoms with E-state index >= 15 is 0 Å². The van der Waals surface area contributed by atoms with E-state index in [1.165, 1.54) is 0 Å². The Hall–Kier alpha value is -1.71. The summed E-state index contributed by atoms with van der Waals surface area (Å²) in [4.78, 5) is 11.1. The quantitative estimate of drug-likeness (QED) is 0.624. The van der Waals surface area contributed by atoms with Gasteiger partial charge in [0.05, 0.1) is 6.26 Å². The largest absolute Gasteiger partial charge is 0.464 e. The molecule has 0 atom stereocenters. The van der Waals surface area contributed by atoms with Crippen LogP contribution in [0.5, 0.6) is 0 Å². The molecule has 0 N–H and O–H groups in total. The van der Waals surface area contributed by atoms with Gasteiger partial charge in [0, 0.05) is 18.2 Å². The first-order chi connectivity index (χ1) is 6.18. The van der Waals surface area contributed by atoms with Crippen molar-refractivity contribution >= 4 is 11.0 Å². The Bertz CT molecular complexity index is 516. The minimum absolute atomic E-state index is 0.0787. The Kier molecular flexibility index (Phi) is 1.62. The van der Waals surface area contributed by atoms with Gasteiger partial charge in [-0.2, -0.15) is 0 Å². The highest BCUT2D eigenvalue weighted by molar-refractivity contribution is 5.76. The Morgan fingerprint density at radius 2 is 2.00 bits per heavy atom. The first-order valence-corrected chi connectivity index (χ1v) is 3.55. The van der Waals surface area contributed by atoms with Gasteiger partial charge < -0.3 is 4.42 Å². The molecule has 0 bridgehead atoms. The van der Waals surface area contributed by atoms with E-state index in [9.17, 15) is 13.6 Å². The van der Waals surface area contributed by atoms with Crippen LogP contribution < -0.4 is 5.43 Å². The maximum absolute atomic E-state index is 13.0. The summed E-state index contributed by atoms with van der Waals surface area (Å²) in [5, 5.41) is -0.219. The van der Waals surface area contributed by atoms with Crippen molar-refractivity contribution in [1.82, 2.24) is 0 Å². The van der Waals surface area contributed by atoms with Gasteiger partial charge in [0.1, 0.15) is 22.6 Å². The summed E-state index contributed by atoms with van der Waals surface area (Å²) in [6.45, 7) is 0. The topological polar surface area (TPSA) is 30.2 Å². The molecule has 0 aliphatic carbocycles. The van der Waals surface area contributed by atoms with Gasteiger partial charge in [0.15, 0.2) is 5.43 Å². The second-order valence-electron chi connectivity index (χ2n) is 2.55. The lowest BCUT2D eigenvalue weighted by Gasteiger charge is -1.96. The van der Waals surface area contributed by atoms with Crippen molar-refractivity contribution in [2.24, 2.45) is 0 Å². The lowest BCUT2D eigenvalue weighted by Crippen LogP contribution is -2.01. The van der Waals surface area contributed by atoms with Gasteiger partial charge in [-0.1, -0.05) is 0 Å². The standard InChI is InChI=1S/C9H4F2O2/c10-5-3-6(11)9-7(12)1-2-13-8(9)4-5/h1-4H. The molecule has 0 fully saturated rings. The zero-order valence-electron chi connectivity index (χ0n) is 6.38. The fourth-order valence-electron chi connectivity index (χ4n) is 1.13. The van der Waals surface area contributed by atoms with Crippen LogP contribution in [0.15, 0.2) is 33.7 Å². The predicted molar refractivity (Wildman–Crippen MR) is 42.4 cm³/mol. The molecule has 1 aromatic carbocycles. The summed E-state index contributed by atoms with van der Waals surface area (Å²) in [7, 11) is 0. The van der Waals surface area contributed by atoms with Crippen LogP contribution in [-0.2, 0) is 0 Å². The van der Waals surface area contributed by atoms with E-state index in [1.54, 1.807) is 0 Å². The fraction of sp³-hybridized carbons (Fsp3) is 0. The second kappa shape index (κ2) is 2.65. The monoisotopic (exact) mass is 182 g/mol. The molecule has 0 aliphatic rings. The Labute approximate surface area is 71.4 Å². The summed E-state index contributed by atoms with van der Waals surface area (Å²) in [6, 6.07) is 2.71. The molecule has 0 radical (unpaired) electrons. The van der Waals surface area contributed by atoms with Crippen molar-refractivity contribution in [2.75, 3.05) is 0 Å². The van der Waals surface area contributed by atoms with Crippen LogP contribution in [0.25, 0.3) is 11.0 Å². The van der Waals surface area contributed by atoms with Crippen molar-refractivity contribution in [1.29, 1.82) is 0 Å². The highest BCUT2D eigenvalue weighted by Crippen LogP contribution is 2.15. The maximum atomic E-state index is 13.0. The van der Waals surface area contributed by atoms with Gasteiger partial charge in [-0.3, -0.25) is 4.79 Å². The molecule has 4 heteroatoms. The highest BCUT2D eigenvalue weighted by atomic mass is 19.1. The molecule has 2 aromatic rings. The van der Waals surface area contributed by atoms with Gasteiger partial charge in [-0.05, 0) is 0 Å².